The van der Waals surface area contributed by atoms with Gasteiger partial charge in [-0.05, 0) is 36.3 Å². The Hall–Kier alpha value is -4.09. The van der Waals surface area contributed by atoms with Crippen LogP contribution in [0.3, 0.4) is 0 Å². The number of nitrogens with zero attached hydrogens (tertiary/aromatic N) is 4. The summed E-state index contributed by atoms with van der Waals surface area (Å²) >= 11 is 5.87. The molecule has 176 valence electrons. The van der Waals surface area contributed by atoms with Crippen molar-refractivity contribution in [1.82, 2.24) is 14.9 Å². The molecule has 0 fully saturated rings. The van der Waals surface area contributed by atoms with Crippen LogP contribution in [-0.4, -0.2) is 22.5 Å². The number of benzene rings is 1. The molecule has 0 spiro atoms. The first-order valence-electron chi connectivity index (χ1n) is 9.62. The minimum atomic E-state index is -5.01. The van der Waals surface area contributed by atoms with E-state index in [-0.39, 0.29) is 28.5 Å². The van der Waals surface area contributed by atoms with Crippen molar-refractivity contribution >= 4 is 17.5 Å². The van der Waals surface area contributed by atoms with Crippen LogP contribution < -0.4 is 15.6 Å². The summed E-state index contributed by atoms with van der Waals surface area (Å²) in [5.74, 6) is -2.05. The number of hydrogen-bond donors (Lipinski definition) is 1. The molecule has 0 saturated heterocycles. The van der Waals surface area contributed by atoms with Crippen LogP contribution in [0.25, 0.3) is 0 Å². The van der Waals surface area contributed by atoms with Gasteiger partial charge >= 0.3 is 6.18 Å². The molecule has 1 aromatic heterocycles. The topological polar surface area (TPSA) is 121 Å². The van der Waals surface area contributed by atoms with Crippen molar-refractivity contribution in [3.63, 3.8) is 0 Å². The number of allylic oxidation sites excluding steroid dienone is 3. The number of likely N-dealkylation sites (N-methyl/N-ethyl adjacent to an activating group) is 1. The summed E-state index contributed by atoms with van der Waals surface area (Å²) in [5.41, 5.74) is -2.67. The summed E-state index contributed by atoms with van der Waals surface area (Å²) in [4.78, 5) is 28.1. The van der Waals surface area contributed by atoms with Gasteiger partial charge in [-0.3, -0.25) is 14.2 Å². The average Bonchev–Trinajstić information content (AvgIpc) is 2.78. The van der Waals surface area contributed by atoms with E-state index in [4.69, 9.17) is 21.6 Å². The SMILES string of the molecule is CC/C=C(/C=C(/C#N)C(=O)NC)Cn1cnc(C(F)(F)F)c(Oc2cc(Cl)cc(C#N)c2)c1=O. The average molecular weight is 492 g/mol. The molecule has 1 aromatic carbocycles. The fraction of sp³-hybridized carbons (Fsp3) is 0.227. The predicted molar refractivity (Wildman–Crippen MR) is 116 cm³/mol. The van der Waals surface area contributed by atoms with Crippen LogP contribution in [0, 0.1) is 22.7 Å². The fourth-order valence-corrected chi connectivity index (χ4v) is 3.00. The van der Waals surface area contributed by atoms with Crippen LogP contribution in [-0.2, 0) is 17.5 Å². The number of amides is 1. The highest BCUT2D eigenvalue weighted by Crippen LogP contribution is 2.35. The van der Waals surface area contributed by atoms with E-state index in [9.17, 15) is 28.0 Å². The highest BCUT2D eigenvalue weighted by molar-refractivity contribution is 6.30. The third-order valence-corrected chi connectivity index (χ3v) is 4.44. The minimum Gasteiger partial charge on any atom is -0.449 e. The Kier molecular flexibility index (Phi) is 8.59. The molecule has 2 aromatic rings. The molecule has 0 aliphatic carbocycles. The van der Waals surface area contributed by atoms with Gasteiger partial charge in [-0.25, -0.2) is 4.98 Å². The third kappa shape index (κ3) is 6.47. The van der Waals surface area contributed by atoms with Gasteiger partial charge in [0.25, 0.3) is 11.5 Å². The molecule has 0 saturated carbocycles. The molecular weight excluding hydrogens is 475 g/mol. The van der Waals surface area contributed by atoms with Gasteiger partial charge < -0.3 is 10.1 Å². The Morgan fingerprint density at radius 1 is 1.32 bits per heavy atom. The number of carbonyl (C=O) groups excluding carboxylic acids is 1. The summed E-state index contributed by atoms with van der Waals surface area (Å²) in [6.45, 7) is 1.46. The lowest BCUT2D eigenvalue weighted by Crippen LogP contribution is -2.27. The number of hydrogen-bond acceptors (Lipinski definition) is 6. The molecule has 0 aliphatic heterocycles. The normalized spacial score (nSPS) is 12.0. The van der Waals surface area contributed by atoms with E-state index in [1.54, 1.807) is 25.1 Å². The molecule has 0 atom stereocenters. The smallest absolute Gasteiger partial charge is 0.437 e. The maximum Gasteiger partial charge on any atom is 0.437 e. The number of ether oxygens (including phenoxy) is 1. The van der Waals surface area contributed by atoms with Crippen LogP contribution in [0.15, 0.2) is 52.6 Å². The second-order valence-corrected chi connectivity index (χ2v) is 7.12. The van der Waals surface area contributed by atoms with Gasteiger partial charge in [-0.15, -0.1) is 0 Å². The van der Waals surface area contributed by atoms with Crippen molar-refractivity contribution in [2.45, 2.75) is 26.1 Å². The number of alkyl halides is 3. The molecule has 0 radical (unpaired) electrons. The zero-order valence-electron chi connectivity index (χ0n) is 17.9. The van der Waals surface area contributed by atoms with Crippen LogP contribution in [0.5, 0.6) is 11.5 Å². The zero-order chi connectivity index (χ0) is 25.5. The molecule has 0 bridgehead atoms. The molecule has 8 nitrogen and oxygen atoms in total. The summed E-state index contributed by atoms with van der Waals surface area (Å²) in [6, 6.07) is 7.05. The first-order valence-corrected chi connectivity index (χ1v) is 9.99. The van der Waals surface area contributed by atoms with Crippen molar-refractivity contribution in [1.29, 1.82) is 10.5 Å². The number of halogens is 4. The molecular formula is C22H17ClF3N5O3. The maximum absolute atomic E-state index is 13.5. The van der Waals surface area contributed by atoms with Gasteiger partial charge in [0.15, 0.2) is 5.69 Å². The molecule has 34 heavy (non-hydrogen) atoms. The summed E-state index contributed by atoms with van der Waals surface area (Å²) in [7, 11) is 1.33. The molecule has 12 heteroatoms. The van der Waals surface area contributed by atoms with Gasteiger partial charge in [-0.2, -0.15) is 23.7 Å². The Morgan fingerprint density at radius 2 is 2.03 bits per heavy atom. The number of nitriles is 2. The first-order chi connectivity index (χ1) is 16.0. The Balaban J connectivity index is 2.61. The summed E-state index contributed by atoms with van der Waals surface area (Å²) in [6.07, 6.45) is -1.05. The van der Waals surface area contributed by atoms with Crippen LogP contribution in [0.2, 0.25) is 5.02 Å². The molecule has 1 amide bonds. The van der Waals surface area contributed by atoms with Crippen molar-refractivity contribution in [3.05, 3.63) is 74.5 Å². The first kappa shape index (κ1) is 26.2. The minimum absolute atomic E-state index is 0.0109. The lowest BCUT2D eigenvalue weighted by Gasteiger charge is -2.15. The number of carbonyl (C=O) groups is 1. The Labute approximate surface area is 197 Å². The number of nitrogens with one attached hydrogen (secondary N) is 1. The van der Waals surface area contributed by atoms with E-state index in [0.717, 1.165) is 16.7 Å². The van der Waals surface area contributed by atoms with Crippen molar-refractivity contribution in [3.8, 4) is 23.6 Å². The summed E-state index contributed by atoms with van der Waals surface area (Å²) < 4.78 is 46.7. The van der Waals surface area contributed by atoms with Crippen LogP contribution >= 0.6 is 11.6 Å². The Bertz CT molecular complexity index is 1300. The van der Waals surface area contributed by atoms with Gasteiger partial charge in [0.2, 0.25) is 5.75 Å². The lowest BCUT2D eigenvalue weighted by molar-refractivity contribution is -0.142. The molecule has 1 N–H and O–H groups in total. The van der Waals surface area contributed by atoms with E-state index in [1.807, 2.05) is 0 Å². The highest BCUT2D eigenvalue weighted by atomic mass is 35.5. The quantitative estimate of drug-likeness (QED) is 0.353. The molecule has 1 heterocycles. The molecule has 2 rings (SSSR count). The second kappa shape index (κ2) is 11.2. The largest absolute Gasteiger partial charge is 0.449 e. The summed E-state index contributed by atoms with van der Waals surface area (Å²) in [5, 5.41) is 20.6. The second-order valence-electron chi connectivity index (χ2n) is 6.68. The van der Waals surface area contributed by atoms with Crippen molar-refractivity contribution < 1.29 is 22.7 Å². The van der Waals surface area contributed by atoms with Gasteiger partial charge in [0.1, 0.15) is 17.4 Å². The Morgan fingerprint density at radius 3 is 2.59 bits per heavy atom. The van der Waals surface area contributed by atoms with Gasteiger partial charge in [-0.1, -0.05) is 24.6 Å². The van der Waals surface area contributed by atoms with E-state index in [0.29, 0.717) is 18.3 Å². The van der Waals surface area contributed by atoms with Crippen molar-refractivity contribution in [2.24, 2.45) is 0 Å². The third-order valence-electron chi connectivity index (χ3n) is 4.23. The predicted octanol–water partition coefficient (Wildman–Crippen LogP) is 4.11. The fourth-order valence-electron chi connectivity index (χ4n) is 2.78. The molecule has 0 aliphatic rings. The van der Waals surface area contributed by atoms with Gasteiger partial charge in [0, 0.05) is 12.1 Å². The standard InChI is InChI=1S/C22H17ClF3N5O3/c1-3-4-13(5-15(10-28)20(32)29-2)11-31-12-30-19(22(24,25)26)18(21(31)33)34-17-7-14(9-27)6-16(23)8-17/h4-8,12H,3,11H2,1-2H3,(H,29,32)/b13-4-,15-5-. The highest BCUT2D eigenvalue weighted by Gasteiger charge is 2.38. The van der Waals surface area contributed by atoms with E-state index < -0.39 is 29.1 Å². The van der Waals surface area contributed by atoms with E-state index >= 15 is 0 Å². The van der Waals surface area contributed by atoms with Crippen LogP contribution in [0.4, 0.5) is 13.2 Å². The van der Waals surface area contributed by atoms with Crippen LogP contribution in [0.1, 0.15) is 24.6 Å². The van der Waals surface area contributed by atoms with E-state index in [1.165, 1.54) is 19.2 Å². The molecule has 0 unspecified atom stereocenters. The monoisotopic (exact) mass is 491 g/mol. The number of rotatable bonds is 7. The van der Waals surface area contributed by atoms with Gasteiger partial charge in [0.05, 0.1) is 24.5 Å². The number of aromatic nitrogens is 2. The zero-order valence-corrected chi connectivity index (χ0v) is 18.7. The van der Waals surface area contributed by atoms with E-state index in [2.05, 4.69) is 10.3 Å². The maximum atomic E-state index is 13.5. The lowest BCUT2D eigenvalue weighted by atomic mass is 10.1. The van der Waals surface area contributed by atoms with Crippen molar-refractivity contribution in [2.75, 3.05) is 7.05 Å².